The Bertz CT molecular complexity index is 332. The Morgan fingerprint density at radius 1 is 1.35 bits per heavy atom. The third kappa shape index (κ3) is 3.02. The minimum absolute atomic E-state index is 0.631. The highest BCUT2D eigenvalue weighted by Crippen LogP contribution is 2.29. The number of rotatable bonds is 5. The van der Waals surface area contributed by atoms with Gasteiger partial charge in [0.15, 0.2) is 0 Å². The number of aryl methyl sites for hydroxylation is 1. The molecular weight excluding hydrogens is 210 g/mol. The van der Waals surface area contributed by atoms with Crippen molar-refractivity contribution in [2.24, 2.45) is 5.92 Å². The number of nitrogens with zero attached hydrogens (tertiary/aromatic N) is 2. The van der Waals surface area contributed by atoms with Crippen LogP contribution < -0.4 is 5.32 Å². The van der Waals surface area contributed by atoms with E-state index < -0.39 is 0 Å². The highest BCUT2D eigenvalue weighted by molar-refractivity contribution is 5.28. The second-order valence-electron chi connectivity index (χ2n) is 5.15. The number of hydrogen-bond acceptors (Lipinski definition) is 2. The van der Waals surface area contributed by atoms with Crippen LogP contribution in [0.2, 0.25) is 0 Å². The standard InChI is InChI=1S/C14H25N3/c1-3-10-17-11-9-15-14(17)16-13-8-6-5-7-12(13)4-2/h9,11-13H,3-8,10H2,1-2H3,(H,15,16). The van der Waals surface area contributed by atoms with Crippen molar-refractivity contribution in [2.75, 3.05) is 5.32 Å². The Hall–Kier alpha value is -0.990. The zero-order valence-corrected chi connectivity index (χ0v) is 11.2. The number of aromatic nitrogens is 2. The molecule has 3 nitrogen and oxygen atoms in total. The molecule has 0 bridgehead atoms. The van der Waals surface area contributed by atoms with Crippen LogP contribution in [-0.4, -0.2) is 15.6 Å². The molecule has 1 aromatic rings. The summed E-state index contributed by atoms with van der Waals surface area (Å²) < 4.78 is 2.24. The van der Waals surface area contributed by atoms with Gasteiger partial charge in [-0.1, -0.05) is 33.1 Å². The van der Waals surface area contributed by atoms with Crippen LogP contribution in [0.4, 0.5) is 5.95 Å². The molecule has 96 valence electrons. The van der Waals surface area contributed by atoms with Gasteiger partial charge in [0.2, 0.25) is 5.95 Å². The topological polar surface area (TPSA) is 29.9 Å². The third-order valence-electron chi connectivity index (χ3n) is 3.93. The van der Waals surface area contributed by atoms with Gasteiger partial charge in [-0.3, -0.25) is 0 Å². The molecule has 0 amide bonds. The Kier molecular flexibility index (Phi) is 4.46. The van der Waals surface area contributed by atoms with Crippen molar-refractivity contribution in [2.45, 2.75) is 65.0 Å². The lowest BCUT2D eigenvalue weighted by Gasteiger charge is -2.32. The van der Waals surface area contributed by atoms with Gasteiger partial charge in [0, 0.05) is 25.0 Å². The predicted molar refractivity (Wildman–Crippen MR) is 72.2 cm³/mol. The van der Waals surface area contributed by atoms with Crippen LogP contribution in [0.15, 0.2) is 12.4 Å². The highest BCUT2D eigenvalue weighted by Gasteiger charge is 2.24. The van der Waals surface area contributed by atoms with Gasteiger partial charge < -0.3 is 9.88 Å². The average Bonchev–Trinajstić information content (AvgIpc) is 2.78. The molecule has 1 heterocycles. The molecule has 0 saturated heterocycles. The summed E-state index contributed by atoms with van der Waals surface area (Å²) in [4.78, 5) is 4.45. The van der Waals surface area contributed by atoms with Crippen molar-refractivity contribution in [1.29, 1.82) is 0 Å². The van der Waals surface area contributed by atoms with Crippen LogP contribution in [0.25, 0.3) is 0 Å². The SMILES string of the molecule is CCCn1ccnc1NC1CCCCC1CC. The molecule has 1 N–H and O–H groups in total. The maximum atomic E-state index is 4.45. The molecule has 3 heteroatoms. The summed E-state index contributed by atoms with van der Waals surface area (Å²) in [5.74, 6) is 1.90. The van der Waals surface area contributed by atoms with E-state index in [1.54, 1.807) is 0 Å². The van der Waals surface area contributed by atoms with Gasteiger partial charge >= 0.3 is 0 Å². The van der Waals surface area contributed by atoms with Crippen molar-refractivity contribution < 1.29 is 0 Å². The normalized spacial score (nSPS) is 24.8. The molecule has 0 spiro atoms. The van der Waals surface area contributed by atoms with Gasteiger partial charge in [-0.25, -0.2) is 4.98 Å². The largest absolute Gasteiger partial charge is 0.353 e. The van der Waals surface area contributed by atoms with Crippen LogP contribution in [-0.2, 0) is 6.54 Å². The Balaban J connectivity index is 2.00. The minimum atomic E-state index is 0.631. The molecule has 17 heavy (non-hydrogen) atoms. The molecule has 1 saturated carbocycles. The molecule has 1 aliphatic carbocycles. The van der Waals surface area contributed by atoms with E-state index in [1.165, 1.54) is 32.1 Å². The molecular formula is C14H25N3. The second-order valence-corrected chi connectivity index (χ2v) is 5.15. The van der Waals surface area contributed by atoms with Gasteiger partial charge in [-0.15, -0.1) is 0 Å². The van der Waals surface area contributed by atoms with E-state index in [4.69, 9.17) is 0 Å². The first-order valence-corrected chi connectivity index (χ1v) is 7.12. The van der Waals surface area contributed by atoms with E-state index in [-0.39, 0.29) is 0 Å². The molecule has 0 aliphatic heterocycles. The van der Waals surface area contributed by atoms with Crippen LogP contribution in [0.3, 0.4) is 0 Å². The van der Waals surface area contributed by atoms with Gasteiger partial charge in [-0.2, -0.15) is 0 Å². The lowest BCUT2D eigenvalue weighted by molar-refractivity contribution is 0.315. The monoisotopic (exact) mass is 235 g/mol. The summed E-state index contributed by atoms with van der Waals surface area (Å²) in [5, 5.41) is 3.67. The predicted octanol–water partition coefficient (Wildman–Crippen LogP) is 3.67. The Morgan fingerprint density at radius 3 is 2.94 bits per heavy atom. The van der Waals surface area contributed by atoms with Gasteiger partial charge in [-0.05, 0) is 25.2 Å². The molecule has 0 radical (unpaired) electrons. The summed E-state index contributed by atoms with van der Waals surface area (Å²) in [6.45, 7) is 5.58. The summed E-state index contributed by atoms with van der Waals surface area (Å²) in [5.41, 5.74) is 0. The second kappa shape index (κ2) is 6.08. The lowest BCUT2D eigenvalue weighted by atomic mass is 9.83. The fourth-order valence-electron chi connectivity index (χ4n) is 2.92. The number of imidazole rings is 1. The Labute approximate surface area is 105 Å². The number of anilines is 1. The van der Waals surface area contributed by atoms with Crippen LogP contribution in [0, 0.1) is 5.92 Å². The fourth-order valence-corrected chi connectivity index (χ4v) is 2.92. The van der Waals surface area contributed by atoms with Gasteiger partial charge in [0.25, 0.3) is 0 Å². The molecule has 1 aliphatic rings. The van der Waals surface area contributed by atoms with Crippen LogP contribution in [0.5, 0.6) is 0 Å². The molecule has 2 unspecified atom stereocenters. The first kappa shape index (κ1) is 12.5. The van der Waals surface area contributed by atoms with E-state index in [1.807, 2.05) is 6.20 Å². The maximum Gasteiger partial charge on any atom is 0.202 e. The van der Waals surface area contributed by atoms with Crippen LogP contribution in [0.1, 0.15) is 52.4 Å². The van der Waals surface area contributed by atoms with E-state index in [2.05, 4.69) is 34.9 Å². The Morgan fingerprint density at radius 2 is 2.18 bits per heavy atom. The maximum absolute atomic E-state index is 4.45. The van der Waals surface area contributed by atoms with E-state index >= 15 is 0 Å². The van der Waals surface area contributed by atoms with E-state index in [0.717, 1.165) is 24.8 Å². The van der Waals surface area contributed by atoms with Crippen molar-refractivity contribution in [3.8, 4) is 0 Å². The summed E-state index contributed by atoms with van der Waals surface area (Å²) in [6, 6.07) is 0.631. The summed E-state index contributed by atoms with van der Waals surface area (Å²) in [7, 11) is 0. The lowest BCUT2D eigenvalue weighted by Crippen LogP contribution is -2.32. The first-order chi connectivity index (χ1) is 8.35. The molecule has 1 fully saturated rings. The van der Waals surface area contributed by atoms with Crippen molar-refractivity contribution in [1.82, 2.24) is 9.55 Å². The fraction of sp³-hybridized carbons (Fsp3) is 0.786. The molecule has 2 rings (SSSR count). The molecule has 2 atom stereocenters. The smallest absolute Gasteiger partial charge is 0.202 e. The molecule has 0 aromatic carbocycles. The van der Waals surface area contributed by atoms with E-state index in [0.29, 0.717) is 6.04 Å². The van der Waals surface area contributed by atoms with Gasteiger partial charge in [0.05, 0.1) is 0 Å². The minimum Gasteiger partial charge on any atom is -0.353 e. The van der Waals surface area contributed by atoms with Crippen molar-refractivity contribution in [3.05, 3.63) is 12.4 Å². The number of nitrogens with one attached hydrogen (secondary N) is 1. The average molecular weight is 235 g/mol. The quantitative estimate of drug-likeness (QED) is 0.844. The third-order valence-corrected chi connectivity index (χ3v) is 3.93. The van der Waals surface area contributed by atoms with Crippen LogP contribution >= 0.6 is 0 Å². The first-order valence-electron chi connectivity index (χ1n) is 7.12. The van der Waals surface area contributed by atoms with Gasteiger partial charge in [0.1, 0.15) is 0 Å². The summed E-state index contributed by atoms with van der Waals surface area (Å²) >= 11 is 0. The van der Waals surface area contributed by atoms with Crippen molar-refractivity contribution in [3.63, 3.8) is 0 Å². The highest BCUT2D eigenvalue weighted by atomic mass is 15.2. The summed E-state index contributed by atoms with van der Waals surface area (Å²) in [6.07, 6.45) is 11.9. The van der Waals surface area contributed by atoms with E-state index in [9.17, 15) is 0 Å². The molecule has 1 aromatic heterocycles. The zero-order chi connectivity index (χ0) is 12.1. The zero-order valence-electron chi connectivity index (χ0n) is 11.2. The number of hydrogen-bond donors (Lipinski definition) is 1. The van der Waals surface area contributed by atoms with Crippen molar-refractivity contribution >= 4 is 5.95 Å².